The largest absolute Gasteiger partial charge is 0.295 e. The number of ketones is 1. The number of hydrogen-bond donors (Lipinski definition) is 0. The molecule has 3 aliphatic carbocycles. The second-order valence-electron chi connectivity index (χ2n) is 8.25. The summed E-state index contributed by atoms with van der Waals surface area (Å²) in [6, 6.07) is 0. The molecule has 0 spiro atoms. The molecule has 3 aliphatic rings. The van der Waals surface area contributed by atoms with E-state index in [2.05, 4.69) is 27.7 Å². The summed E-state index contributed by atoms with van der Waals surface area (Å²) in [7, 11) is 0. The first-order valence-electron chi connectivity index (χ1n) is 8.09. The van der Waals surface area contributed by atoms with Crippen LogP contribution in [0.15, 0.2) is 11.6 Å². The van der Waals surface area contributed by atoms with E-state index in [1.54, 1.807) is 0 Å². The third-order valence-corrected chi connectivity index (χ3v) is 6.64. The highest BCUT2D eigenvalue weighted by Gasteiger charge is 2.54. The lowest BCUT2D eigenvalue weighted by Gasteiger charge is -2.59. The zero-order valence-corrected chi connectivity index (χ0v) is 13.0. The predicted octanol–water partition coefficient (Wildman–Crippen LogP) is 4.76. The maximum Gasteiger partial charge on any atom is 0.158 e. The van der Waals surface area contributed by atoms with E-state index < -0.39 is 0 Å². The number of hydrogen-bond acceptors (Lipinski definition) is 1. The molecular formula is C18H28O. The monoisotopic (exact) mass is 260 g/mol. The molecule has 0 unspecified atom stereocenters. The highest BCUT2D eigenvalue weighted by atomic mass is 16.1. The van der Waals surface area contributed by atoms with Crippen LogP contribution in [-0.2, 0) is 4.79 Å². The maximum absolute atomic E-state index is 12.0. The van der Waals surface area contributed by atoms with Crippen LogP contribution in [0.2, 0.25) is 0 Å². The van der Waals surface area contributed by atoms with Crippen LogP contribution in [-0.4, -0.2) is 5.78 Å². The molecule has 4 atom stereocenters. The van der Waals surface area contributed by atoms with Gasteiger partial charge in [-0.25, -0.2) is 0 Å². The Morgan fingerprint density at radius 2 is 1.95 bits per heavy atom. The van der Waals surface area contributed by atoms with Gasteiger partial charge >= 0.3 is 0 Å². The Bertz CT molecular complexity index is 431. The Hall–Kier alpha value is -0.590. The van der Waals surface area contributed by atoms with E-state index in [1.165, 1.54) is 37.7 Å². The Morgan fingerprint density at radius 3 is 2.68 bits per heavy atom. The molecule has 3 rings (SSSR count). The Kier molecular flexibility index (Phi) is 2.96. The van der Waals surface area contributed by atoms with Crippen molar-refractivity contribution in [2.75, 3.05) is 0 Å². The SMILES string of the molecule is C[C@@H]1C[C@H]2C(=CC1=O)CC[C@H]1C(C)(C)CCC[C@]21C. The van der Waals surface area contributed by atoms with Crippen molar-refractivity contribution in [2.24, 2.45) is 28.6 Å². The minimum absolute atomic E-state index is 0.245. The fraction of sp³-hybridized carbons (Fsp3) is 0.833. The van der Waals surface area contributed by atoms with Crippen LogP contribution in [0.3, 0.4) is 0 Å². The number of fused-ring (bicyclic) bond motifs is 3. The molecule has 0 amide bonds. The normalized spacial score (nSPS) is 45.2. The maximum atomic E-state index is 12.0. The minimum Gasteiger partial charge on any atom is -0.295 e. The number of carbonyl (C=O) groups excluding carboxylic acids is 1. The molecule has 0 bridgehead atoms. The molecule has 0 aromatic carbocycles. The van der Waals surface area contributed by atoms with Gasteiger partial charge in [-0.3, -0.25) is 4.79 Å². The highest BCUT2D eigenvalue weighted by molar-refractivity contribution is 5.93. The molecule has 2 fully saturated rings. The van der Waals surface area contributed by atoms with Crippen molar-refractivity contribution in [3.05, 3.63) is 11.6 Å². The standard InChI is InChI=1S/C18H28O/c1-12-10-14-13(11-15(12)19)6-7-16-17(2,3)8-5-9-18(14,16)4/h11-12,14,16H,5-10H2,1-4H3/t12-,14+,16+,18-/m1/s1. The molecule has 0 radical (unpaired) electrons. The number of rotatable bonds is 0. The van der Waals surface area contributed by atoms with E-state index >= 15 is 0 Å². The van der Waals surface area contributed by atoms with Crippen molar-refractivity contribution >= 4 is 5.78 Å². The molecule has 0 saturated heterocycles. The van der Waals surface area contributed by atoms with E-state index in [1.807, 2.05) is 6.08 Å². The fourth-order valence-corrected chi connectivity index (χ4v) is 5.60. The third kappa shape index (κ3) is 1.92. The van der Waals surface area contributed by atoms with Crippen LogP contribution in [0.5, 0.6) is 0 Å². The Balaban J connectivity index is 1.99. The zero-order chi connectivity index (χ0) is 13.8. The van der Waals surface area contributed by atoms with Crippen LogP contribution in [0.4, 0.5) is 0 Å². The van der Waals surface area contributed by atoms with Gasteiger partial charge in [-0.15, -0.1) is 0 Å². The van der Waals surface area contributed by atoms with Gasteiger partial charge in [0.1, 0.15) is 0 Å². The molecule has 0 aromatic rings. The quantitative estimate of drug-likeness (QED) is 0.613. The van der Waals surface area contributed by atoms with E-state index in [4.69, 9.17) is 0 Å². The zero-order valence-electron chi connectivity index (χ0n) is 13.0. The van der Waals surface area contributed by atoms with Gasteiger partial charge in [0.25, 0.3) is 0 Å². The lowest BCUT2D eigenvalue weighted by molar-refractivity contribution is -0.121. The van der Waals surface area contributed by atoms with Crippen LogP contribution in [0.25, 0.3) is 0 Å². The highest BCUT2D eigenvalue weighted by Crippen LogP contribution is 2.62. The Morgan fingerprint density at radius 1 is 1.21 bits per heavy atom. The molecule has 0 heterocycles. The molecule has 19 heavy (non-hydrogen) atoms. The van der Waals surface area contributed by atoms with E-state index in [0.29, 0.717) is 22.5 Å². The van der Waals surface area contributed by atoms with Crippen LogP contribution < -0.4 is 0 Å². The van der Waals surface area contributed by atoms with Gasteiger partial charge in [-0.1, -0.05) is 39.7 Å². The lowest BCUT2D eigenvalue weighted by Crippen LogP contribution is -2.51. The van der Waals surface area contributed by atoms with Gasteiger partial charge in [0.05, 0.1) is 0 Å². The summed E-state index contributed by atoms with van der Waals surface area (Å²) in [5.41, 5.74) is 2.42. The number of allylic oxidation sites excluding steroid dienone is 2. The lowest BCUT2D eigenvalue weighted by atomic mass is 9.46. The molecular weight excluding hydrogens is 232 g/mol. The topological polar surface area (TPSA) is 17.1 Å². The first-order valence-corrected chi connectivity index (χ1v) is 8.09. The summed E-state index contributed by atoms with van der Waals surface area (Å²) in [4.78, 5) is 12.0. The molecule has 0 aliphatic heterocycles. The Labute approximate surface area is 117 Å². The predicted molar refractivity (Wildman–Crippen MR) is 78.8 cm³/mol. The van der Waals surface area contributed by atoms with Crippen molar-refractivity contribution in [1.82, 2.24) is 0 Å². The van der Waals surface area contributed by atoms with Gasteiger partial charge in [0, 0.05) is 5.92 Å². The first kappa shape index (κ1) is 13.4. The summed E-state index contributed by atoms with van der Waals surface area (Å²) in [6.45, 7) is 9.59. The van der Waals surface area contributed by atoms with Gasteiger partial charge in [0.2, 0.25) is 0 Å². The summed E-state index contributed by atoms with van der Waals surface area (Å²) in [5.74, 6) is 2.15. The van der Waals surface area contributed by atoms with Crippen molar-refractivity contribution in [3.8, 4) is 0 Å². The van der Waals surface area contributed by atoms with Gasteiger partial charge in [-0.2, -0.15) is 0 Å². The van der Waals surface area contributed by atoms with E-state index in [-0.39, 0.29) is 5.92 Å². The average Bonchev–Trinajstić information content (AvgIpc) is 2.30. The summed E-state index contributed by atoms with van der Waals surface area (Å²) in [5, 5.41) is 0. The summed E-state index contributed by atoms with van der Waals surface area (Å²) >= 11 is 0. The third-order valence-electron chi connectivity index (χ3n) is 6.64. The number of carbonyl (C=O) groups is 1. The summed E-state index contributed by atoms with van der Waals surface area (Å²) in [6.07, 6.45) is 9.71. The van der Waals surface area contributed by atoms with Crippen molar-refractivity contribution in [1.29, 1.82) is 0 Å². The molecule has 0 N–H and O–H groups in total. The van der Waals surface area contributed by atoms with Crippen LogP contribution in [0, 0.1) is 28.6 Å². The minimum atomic E-state index is 0.245. The van der Waals surface area contributed by atoms with Gasteiger partial charge < -0.3 is 0 Å². The summed E-state index contributed by atoms with van der Waals surface area (Å²) < 4.78 is 0. The molecule has 0 aromatic heterocycles. The molecule has 2 saturated carbocycles. The van der Waals surface area contributed by atoms with Crippen molar-refractivity contribution < 1.29 is 4.79 Å². The second-order valence-corrected chi connectivity index (χ2v) is 8.25. The fourth-order valence-electron chi connectivity index (χ4n) is 5.60. The van der Waals surface area contributed by atoms with Crippen molar-refractivity contribution in [2.45, 2.75) is 66.2 Å². The molecule has 1 nitrogen and oxygen atoms in total. The smallest absolute Gasteiger partial charge is 0.158 e. The molecule has 106 valence electrons. The molecule has 1 heteroatoms. The second kappa shape index (κ2) is 4.20. The van der Waals surface area contributed by atoms with Crippen LogP contribution in [0.1, 0.15) is 66.2 Å². The van der Waals surface area contributed by atoms with E-state index in [9.17, 15) is 4.79 Å². The van der Waals surface area contributed by atoms with Crippen molar-refractivity contribution in [3.63, 3.8) is 0 Å². The van der Waals surface area contributed by atoms with Crippen LogP contribution >= 0.6 is 0 Å². The van der Waals surface area contributed by atoms with Gasteiger partial charge in [-0.05, 0) is 60.8 Å². The average molecular weight is 260 g/mol. The first-order chi connectivity index (χ1) is 8.84. The van der Waals surface area contributed by atoms with Gasteiger partial charge in [0.15, 0.2) is 5.78 Å². The van der Waals surface area contributed by atoms with E-state index in [0.717, 1.165) is 12.3 Å².